The Morgan fingerprint density at radius 1 is 1.25 bits per heavy atom. The molecule has 1 aromatic rings. The van der Waals surface area contributed by atoms with E-state index in [1.807, 2.05) is 13.0 Å². The molecule has 0 bridgehead atoms. The van der Waals surface area contributed by atoms with Crippen molar-refractivity contribution < 1.29 is 4.79 Å². The quantitative estimate of drug-likeness (QED) is 0.835. The molecule has 1 atom stereocenters. The van der Waals surface area contributed by atoms with Gasteiger partial charge in [-0.25, -0.2) is 9.78 Å². The fourth-order valence-corrected chi connectivity index (χ4v) is 3.47. The van der Waals surface area contributed by atoms with Crippen molar-refractivity contribution in [3.63, 3.8) is 0 Å². The van der Waals surface area contributed by atoms with E-state index in [0.29, 0.717) is 5.92 Å². The zero-order valence-corrected chi connectivity index (χ0v) is 14.5. The SMILES string of the molecule is Cc1cccc(N2CCC(NC(=O)NC[C@H]3CC=CCC3)CC2)n1. The van der Waals surface area contributed by atoms with Gasteiger partial charge in [0.1, 0.15) is 5.82 Å². The molecular formula is C19H28N4O. The summed E-state index contributed by atoms with van der Waals surface area (Å²) >= 11 is 0. The maximum Gasteiger partial charge on any atom is 0.315 e. The zero-order valence-electron chi connectivity index (χ0n) is 14.5. The average Bonchev–Trinajstić information content (AvgIpc) is 2.61. The van der Waals surface area contributed by atoms with E-state index < -0.39 is 0 Å². The summed E-state index contributed by atoms with van der Waals surface area (Å²) in [5.41, 5.74) is 1.05. The molecule has 2 amide bonds. The molecule has 130 valence electrons. The number of anilines is 1. The summed E-state index contributed by atoms with van der Waals surface area (Å²) in [6, 6.07) is 6.38. The van der Waals surface area contributed by atoms with Crippen LogP contribution in [0, 0.1) is 12.8 Å². The summed E-state index contributed by atoms with van der Waals surface area (Å²) in [6.07, 6.45) is 9.79. The van der Waals surface area contributed by atoms with E-state index in [-0.39, 0.29) is 12.1 Å². The van der Waals surface area contributed by atoms with Crippen LogP contribution in [0.5, 0.6) is 0 Å². The van der Waals surface area contributed by atoms with Crippen molar-refractivity contribution in [1.82, 2.24) is 15.6 Å². The second-order valence-electron chi connectivity index (χ2n) is 6.90. The van der Waals surface area contributed by atoms with E-state index >= 15 is 0 Å². The normalized spacial score (nSPS) is 21.5. The van der Waals surface area contributed by atoms with Crippen molar-refractivity contribution in [2.45, 2.75) is 45.1 Å². The molecule has 3 rings (SSSR count). The van der Waals surface area contributed by atoms with Gasteiger partial charge >= 0.3 is 6.03 Å². The molecule has 2 aliphatic rings. The average molecular weight is 328 g/mol. The molecule has 1 fully saturated rings. The minimum Gasteiger partial charge on any atom is -0.356 e. The Balaban J connectivity index is 1.38. The highest BCUT2D eigenvalue weighted by Gasteiger charge is 2.21. The molecule has 1 aliphatic heterocycles. The molecule has 1 aromatic heterocycles. The first-order chi connectivity index (χ1) is 11.7. The number of hydrogen-bond donors (Lipinski definition) is 2. The predicted octanol–water partition coefficient (Wildman–Crippen LogP) is 3.01. The van der Waals surface area contributed by atoms with Crippen LogP contribution in [0.2, 0.25) is 0 Å². The molecule has 5 nitrogen and oxygen atoms in total. The first-order valence-corrected chi connectivity index (χ1v) is 9.08. The number of carbonyl (C=O) groups excluding carboxylic acids is 1. The third-order valence-corrected chi connectivity index (χ3v) is 4.96. The second-order valence-corrected chi connectivity index (χ2v) is 6.90. The lowest BCUT2D eigenvalue weighted by Gasteiger charge is -2.33. The predicted molar refractivity (Wildman–Crippen MR) is 97.2 cm³/mol. The van der Waals surface area contributed by atoms with Crippen LogP contribution in [0.25, 0.3) is 0 Å². The third-order valence-electron chi connectivity index (χ3n) is 4.96. The van der Waals surface area contributed by atoms with Gasteiger partial charge in [-0.15, -0.1) is 0 Å². The lowest BCUT2D eigenvalue weighted by molar-refractivity contribution is 0.232. The van der Waals surface area contributed by atoms with Crippen LogP contribution in [0.4, 0.5) is 10.6 Å². The number of aryl methyl sites for hydroxylation is 1. The van der Waals surface area contributed by atoms with Gasteiger partial charge in [-0.05, 0) is 57.1 Å². The van der Waals surface area contributed by atoms with Crippen LogP contribution < -0.4 is 15.5 Å². The van der Waals surface area contributed by atoms with Gasteiger partial charge in [-0.1, -0.05) is 18.2 Å². The summed E-state index contributed by atoms with van der Waals surface area (Å²) in [5.74, 6) is 1.64. The Bertz CT molecular complexity index is 578. The van der Waals surface area contributed by atoms with Gasteiger partial charge in [-0.3, -0.25) is 0 Å². The van der Waals surface area contributed by atoms with Crippen molar-refractivity contribution in [3.05, 3.63) is 36.0 Å². The summed E-state index contributed by atoms with van der Waals surface area (Å²) < 4.78 is 0. The molecule has 0 unspecified atom stereocenters. The fraction of sp³-hybridized carbons (Fsp3) is 0.579. The van der Waals surface area contributed by atoms with E-state index in [0.717, 1.165) is 56.8 Å². The molecule has 0 spiro atoms. The van der Waals surface area contributed by atoms with Crippen molar-refractivity contribution in [3.8, 4) is 0 Å². The van der Waals surface area contributed by atoms with Crippen LogP contribution in [0.1, 0.15) is 37.8 Å². The summed E-state index contributed by atoms with van der Waals surface area (Å²) in [7, 11) is 0. The Morgan fingerprint density at radius 2 is 2.08 bits per heavy atom. The first-order valence-electron chi connectivity index (χ1n) is 9.08. The molecule has 0 saturated carbocycles. The van der Waals surface area contributed by atoms with Crippen LogP contribution in [-0.2, 0) is 0 Å². The van der Waals surface area contributed by atoms with Crippen LogP contribution in [-0.4, -0.2) is 36.7 Å². The number of pyridine rings is 1. The summed E-state index contributed by atoms with van der Waals surface area (Å²) in [6.45, 7) is 4.68. The third kappa shape index (κ3) is 4.73. The van der Waals surface area contributed by atoms with Crippen LogP contribution in [0.3, 0.4) is 0 Å². The maximum atomic E-state index is 12.1. The van der Waals surface area contributed by atoms with Gasteiger partial charge in [0.25, 0.3) is 0 Å². The molecule has 0 radical (unpaired) electrons. The maximum absolute atomic E-state index is 12.1. The largest absolute Gasteiger partial charge is 0.356 e. The number of piperidine rings is 1. The highest BCUT2D eigenvalue weighted by Crippen LogP contribution is 2.19. The van der Waals surface area contributed by atoms with Crippen LogP contribution >= 0.6 is 0 Å². The minimum atomic E-state index is -0.0170. The van der Waals surface area contributed by atoms with Gasteiger partial charge in [0.2, 0.25) is 0 Å². The monoisotopic (exact) mass is 328 g/mol. The number of amides is 2. The van der Waals surface area contributed by atoms with Crippen molar-refractivity contribution in [1.29, 1.82) is 0 Å². The van der Waals surface area contributed by atoms with Gasteiger partial charge in [0, 0.05) is 31.4 Å². The van der Waals surface area contributed by atoms with Gasteiger partial charge in [-0.2, -0.15) is 0 Å². The molecule has 2 N–H and O–H groups in total. The Labute approximate surface area is 144 Å². The molecular weight excluding hydrogens is 300 g/mol. The summed E-state index contributed by atoms with van der Waals surface area (Å²) in [4.78, 5) is 19.0. The van der Waals surface area contributed by atoms with E-state index in [9.17, 15) is 4.79 Å². The number of carbonyl (C=O) groups is 1. The zero-order chi connectivity index (χ0) is 16.8. The smallest absolute Gasteiger partial charge is 0.315 e. The Morgan fingerprint density at radius 3 is 2.79 bits per heavy atom. The second kappa shape index (κ2) is 8.18. The Hall–Kier alpha value is -2.04. The fourth-order valence-electron chi connectivity index (χ4n) is 3.47. The number of nitrogens with zero attached hydrogens (tertiary/aromatic N) is 2. The topological polar surface area (TPSA) is 57.3 Å². The molecule has 5 heteroatoms. The first kappa shape index (κ1) is 16.8. The van der Waals surface area contributed by atoms with Crippen molar-refractivity contribution >= 4 is 11.8 Å². The number of urea groups is 1. The molecule has 1 saturated heterocycles. The standard InChI is InChI=1S/C19H28N4O/c1-15-6-5-9-18(21-15)23-12-10-17(11-13-23)22-19(24)20-14-16-7-3-2-4-8-16/h2-3,5-6,9,16-17H,4,7-8,10-14H2,1H3,(H2,20,22,24)/t16-/m0/s1. The molecule has 24 heavy (non-hydrogen) atoms. The van der Waals surface area contributed by atoms with Crippen LogP contribution in [0.15, 0.2) is 30.4 Å². The number of nitrogens with one attached hydrogen (secondary N) is 2. The highest BCUT2D eigenvalue weighted by atomic mass is 16.2. The molecule has 0 aromatic carbocycles. The number of hydrogen-bond acceptors (Lipinski definition) is 3. The van der Waals surface area contributed by atoms with Gasteiger partial charge in [0.05, 0.1) is 0 Å². The van der Waals surface area contributed by atoms with Crippen molar-refractivity contribution in [2.24, 2.45) is 5.92 Å². The minimum absolute atomic E-state index is 0.0170. The van der Waals surface area contributed by atoms with Crippen molar-refractivity contribution in [2.75, 3.05) is 24.5 Å². The summed E-state index contributed by atoms with van der Waals surface area (Å²) in [5, 5.41) is 6.17. The molecule has 2 heterocycles. The van der Waals surface area contributed by atoms with Gasteiger partial charge in [0.15, 0.2) is 0 Å². The lowest BCUT2D eigenvalue weighted by atomic mass is 9.94. The van der Waals surface area contributed by atoms with E-state index in [2.05, 4.69) is 44.8 Å². The number of allylic oxidation sites excluding steroid dienone is 2. The molecule has 1 aliphatic carbocycles. The highest BCUT2D eigenvalue weighted by molar-refractivity contribution is 5.74. The lowest BCUT2D eigenvalue weighted by Crippen LogP contribution is -2.48. The number of aromatic nitrogens is 1. The Kier molecular flexibility index (Phi) is 5.72. The van der Waals surface area contributed by atoms with Gasteiger partial charge < -0.3 is 15.5 Å². The van der Waals surface area contributed by atoms with E-state index in [1.165, 1.54) is 6.42 Å². The van der Waals surface area contributed by atoms with E-state index in [1.54, 1.807) is 0 Å². The van der Waals surface area contributed by atoms with E-state index in [4.69, 9.17) is 0 Å². The number of rotatable bonds is 4.